The van der Waals surface area contributed by atoms with Crippen LogP contribution in [0.3, 0.4) is 0 Å². The Morgan fingerprint density at radius 1 is 1.40 bits per heavy atom. The summed E-state index contributed by atoms with van der Waals surface area (Å²) < 4.78 is 0. The molecule has 0 saturated carbocycles. The first kappa shape index (κ1) is 12.7. The first-order valence-electron chi connectivity index (χ1n) is 5.69. The average Bonchev–Trinajstić information content (AvgIpc) is 2.22. The fourth-order valence-corrected chi connectivity index (χ4v) is 2.25. The summed E-state index contributed by atoms with van der Waals surface area (Å²) in [7, 11) is 0. The molecular formula is C13H20BrN. The summed E-state index contributed by atoms with van der Waals surface area (Å²) in [5, 5.41) is 0. The van der Waals surface area contributed by atoms with E-state index < -0.39 is 0 Å². The van der Waals surface area contributed by atoms with Crippen molar-refractivity contribution < 1.29 is 0 Å². The molecule has 0 aliphatic carbocycles. The first-order valence-corrected chi connectivity index (χ1v) is 6.60. The number of rotatable bonds is 5. The number of pyridine rings is 1. The second kappa shape index (κ2) is 6.26. The van der Waals surface area contributed by atoms with Crippen LogP contribution >= 0.6 is 15.9 Å². The molecule has 1 heterocycles. The Bertz CT molecular complexity index is 281. The largest absolute Gasteiger partial charge is 0.261 e. The number of halogens is 1. The van der Waals surface area contributed by atoms with E-state index >= 15 is 0 Å². The number of aromatic nitrogens is 1. The van der Waals surface area contributed by atoms with Gasteiger partial charge in [-0.05, 0) is 30.9 Å². The molecule has 84 valence electrons. The molecule has 0 aliphatic rings. The highest BCUT2D eigenvalue weighted by Crippen LogP contribution is 2.21. The molecule has 1 aromatic heterocycles. The van der Waals surface area contributed by atoms with Crippen molar-refractivity contribution in [2.45, 2.75) is 44.9 Å². The Morgan fingerprint density at radius 2 is 2.13 bits per heavy atom. The van der Waals surface area contributed by atoms with Gasteiger partial charge < -0.3 is 0 Å². The summed E-state index contributed by atoms with van der Waals surface area (Å²) >= 11 is 3.76. The molecule has 0 bridgehead atoms. The molecule has 1 rings (SSSR count). The molecular weight excluding hydrogens is 250 g/mol. The third kappa shape index (κ3) is 4.33. The third-order valence-electron chi connectivity index (χ3n) is 2.74. The molecule has 2 heteroatoms. The van der Waals surface area contributed by atoms with E-state index in [4.69, 9.17) is 0 Å². The van der Waals surface area contributed by atoms with E-state index in [0.717, 1.165) is 12.3 Å². The second-order valence-electron chi connectivity index (χ2n) is 4.31. The maximum atomic E-state index is 4.43. The van der Waals surface area contributed by atoms with E-state index in [-0.39, 0.29) is 0 Å². The molecule has 0 aromatic carbocycles. The van der Waals surface area contributed by atoms with Gasteiger partial charge in [0.1, 0.15) is 0 Å². The zero-order valence-electron chi connectivity index (χ0n) is 9.83. The molecule has 0 saturated heterocycles. The highest BCUT2D eigenvalue weighted by molar-refractivity contribution is 9.09. The molecule has 2 atom stereocenters. The summed E-state index contributed by atoms with van der Waals surface area (Å²) in [5.74, 6) is 0.720. The van der Waals surface area contributed by atoms with Crippen molar-refractivity contribution >= 4 is 15.9 Å². The van der Waals surface area contributed by atoms with Gasteiger partial charge in [-0.2, -0.15) is 0 Å². The van der Waals surface area contributed by atoms with Crippen molar-refractivity contribution in [1.82, 2.24) is 4.98 Å². The standard InChI is InChI=1S/C13H20BrN/c1-4-5-11(3)13(14)8-12-7-6-10(2)9-15-12/h6-7,9,11,13H,4-5,8H2,1-3H3. The van der Waals surface area contributed by atoms with Gasteiger partial charge in [0.2, 0.25) is 0 Å². The molecule has 15 heavy (non-hydrogen) atoms. The monoisotopic (exact) mass is 269 g/mol. The first-order chi connectivity index (χ1) is 7.13. The number of alkyl halides is 1. The zero-order valence-corrected chi connectivity index (χ0v) is 11.4. The predicted molar refractivity (Wildman–Crippen MR) is 69.5 cm³/mol. The lowest BCUT2D eigenvalue weighted by Gasteiger charge is -2.17. The highest BCUT2D eigenvalue weighted by Gasteiger charge is 2.13. The summed E-state index contributed by atoms with van der Waals surface area (Å²) in [6.45, 7) is 6.61. The number of aryl methyl sites for hydroxylation is 1. The van der Waals surface area contributed by atoms with Gasteiger partial charge in [-0.25, -0.2) is 0 Å². The van der Waals surface area contributed by atoms with Gasteiger partial charge in [0.15, 0.2) is 0 Å². The van der Waals surface area contributed by atoms with Crippen LogP contribution in [0.1, 0.15) is 37.9 Å². The van der Waals surface area contributed by atoms with Crippen LogP contribution in [0.2, 0.25) is 0 Å². The maximum absolute atomic E-state index is 4.43. The van der Waals surface area contributed by atoms with Crippen LogP contribution in [0.4, 0.5) is 0 Å². The van der Waals surface area contributed by atoms with Gasteiger partial charge in [0, 0.05) is 23.1 Å². The Hall–Kier alpha value is -0.370. The molecule has 0 spiro atoms. The van der Waals surface area contributed by atoms with Gasteiger partial charge in [-0.1, -0.05) is 42.3 Å². The molecule has 0 aliphatic heterocycles. The van der Waals surface area contributed by atoms with Gasteiger partial charge in [0.05, 0.1) is 0 Å². The molecule has 2 unspecified atom stereocenters. The van der Waals surface area contributed by atoms with E-state index in [0.29, 0.717) is 4.83 Å². The van der Waals surface area contributed by atoms with Crippen molar-refractivity contribution in [3.8, 4) is 0 Å². The lowest BCUT2D eigenvalue weighted by Crippen LogP contribution is -2.14. The Morgan fingerprint density at radius 3 is 2.67 bits per heavy atom. The van der Waals surface area contributed by atoms with E-state index in [9.17, 15) is 0 Å². The summed E-state index contributed by atoms with van der Waals surface area (Å²) in [6, 6.07) is 4.26. The summed E-state index contributed by atoms with van der Waals surface area (Å²) in [5.41, 5.74) is 2.41. The molecule has 1 aromatic rings. The van der Waals surface area contributed by atoms with E-state index in [2.05, 4.69) is 53.8 Å². The molecule has 1 nitrogen and oxygen atoms in total. The number of nitrogens with zero attached hydrogens (tertiary/aromatic N) is 1. The van der Waals surface area contributed by atoms with Crippen molar-refractivity contribution in [2.75, 3.05) is 0 Å². The van der Waals surface area contributed by atoms with Crippen LogP contribution in [-0.4, -0.2) is 9.81 Å². The zero-order chi connectivity index (χ0) is 11.3. The fraction of sp³-hybridized carbons (Fsp3) is 0.615. The second-order valence-corrected chi connectivity index (χ2v) is 5.49. The van der Waals surface area contributed by atoms with Crippen LogP contribution in [0, 0.1) is 12.8 Å². The predicted octanol–water partition coefficient (Wildman–Crippen LogP) is 4.13. The Labute approximate surface area is 101 Å². The van der Waals surface area contributed by atoms with Crippen molar-refractivity contribution in [2.24, 2.45) is 5.92 Å². The third-order valence-corrected chi connectivity index (χ3v) is 3.96. The molecule has 0 amide bonds. The topological polar surface area (TPSA) is 12.9 Å². The molecule has 0 radical (unpaired) electrons. The fourth-order valence-electron chi connectivity index (χ4n) is 1.66. The van der Waals surface area contributed by atoms with Crippen LogP contribution < -0.4 is 0 Å². The van der Waals surface area contributed by atoms with Crippen LogP contribution in [0.5, 0.6) is 0 Å². The van der Waals surface area contributed by atoms with Crippen LogP contribution in [0.25, 0.3) is 0 Å². The van der Waals surface area contributed by atoms with E-state index in [1.54, 1.807) is 0 Å². The molecule has 0 fully saturated rings. The lowest BCUT2D eigenvalue weighted by atomic mass is 9.99. The van der Waals surface area contributed by atoms with E-state index in [1.807, 2.05) is 6.20 Å². The van der Waals surface area contributed by atoms with Gasteiger partial charge in [0.25, 0.3) is 0 Å². The van der Waals surface area contributed by atoms with Crippen molar-refractivity contribution in [1.29, 1.82) is 0 Å². The van der Waals surface area contributed by atoms with E-state index in [1.165, 1.54) is 24.1 Å². The van der Waals surface area contributed by atoms with Crippen LogP contribution in [0.15, 0.2) is 18.3 Å². The minimum absolute atomic E-state index is 0.549. The minimum Gasteiger partial charge on any atom is -0.261 e. The number of hydrogen-bond donors (Lipinski definition) is 0. The molecule has 0 N–H and O–H groups in total. The normalized spacial score (nSPS) is 14.9. The highest BCUT2D eigenvalue weighted by atomic mass is 79.9. The average molecular weight is 270 g/mol. The summed E-state index contributed by atoms with van der Waals surface area (Å²) in [4.78, 5) is 4.98. The quantitative estimate of drug-likeness (QED) is 0.733. The SMILES string of the molecule is CCCC(C)C(Br)Cc1ccc(C)cn1. The van der Waals surface area contributed by atoms with Gasteiger partial charge >= 0.3 is 0 Å². The number of hydrogen-bond acceptors (Lipinski definition) is 1. The smallest absolute Gasteiger partial charge is 0.0415 e. The van der Waals surface area contributed by atoms with Crippen molar-refractivity contribution in [3.05, 3.63) is 29.6 Å². The maximum Gasteiger partial charge on any atom is 0.0415 e. The van der Waals surface area contributed by atoms with Gasteiger partial charge in [-0.15, -0.1) is 0 Å². The summed E-state index contributed by atoms with van der Waals surface area (Å²) in [6.07, 6.45) is 5.51. The van der Waals surface area contributed by atoms with Gasteiger partial charge in [-0.3, -0.25) is 4.98 Å². The van der Waals surface area contributed by atoms with Crippen molar-refractivity contribution in [3.63, 3.8) is 0 Å². The Balaban J connectivity index is 2.50. The van der Waals surface area contributed by atoms with Crippen LogP contribution in [-0.2, 0) is 6.42 Å². The lowest BCUT2D eigenvalue weighted by molar-refractivity contribution is 0.503. The minimum atomic E-state index is 0.549. The Kier molecular flexibility index (Phi) is 5.30.